The van der Waals surface area contributed by atoms with E-state index in [0.29, 0.717) is 13.0 Å². The minimum atomic E-state index is -1.08. The Morgan fingerprint density at radius 1 is 1.23 bits per heavy atom. The highest BCUT2D eigenvalue weighted by molar-refractivity contribution is 6.08. The average Bonchev–Trinajstić information content (AvgIpc) is 3.36. The average molecular weight is 404 g/mol. The first-order valence-electron chi connectivity index (χ1n) is 9.75. The van der Waals surface area contributed by atoms with Gasteiger partial charge in [0.1, 0.15) is 11.6 Å². The number of amides is 1. The van der Waals surface area contributed by atoms with Gasteiger partial charge in [-0.15, -0.1) is 0 Å². The maximum absolute atomic E-state index is 13.1. The van der Waals surface area contributed by atoms with Crippen LogP contribution in [0.5, 0.6) is 5.75 Å². The number of para-hydroxylation sites is 1. The van der Waals surface area contributed by atoms with Crippen LogP contribution in [0.25, 0.3) is 0 Å². The molecular weight excluding hydrogens is 380 g/mol. The van der Waals surface area contributed by atoms with Gasteiger partial charge in [0.15, 0.2) is 0 Å². The van der Waals surface area contributed by atoms with Crippen molar-refractivity contribution in [2.24, 2.45) is 5.16 Å². The third-order valence-corrected chi connectivity index (χ3v) is 5.30. The van der Waals surface area contributed by atoms with Crippen molar-refractivity contribution in [1.29, 1.82) is 0 Å². The van der Waals surface area contributed by atoms with E-state index < -0.39 is 5.60 Å². The predicted molar refractivity (Wildman–Crippen MR) is 115 cm³/mol. The van der Waals surface area contributed by atoms with Crippen LogP contribution in [-0.2, 0) is 16.2 Å². The van der Waals surface area contributed by atoms with E-state index in [4.69, 9.17) is 9.57 Å². The van der Waals surface area contributed by atoms with Gasteiger partial charge in [-0.3, -0.25) is 4.79 Å². The van der Waals surface area contributed by atoms with Crippen molar-refractivity contribution < 1.29 is 14.4 Å². The molecule has 1 aromatic heterocycles. The summed E-state index contributed by atoms with van der Waals surface area (Å²) in [5.74, 6) is 1.45. The maximum atomic E-state index is 13.1. The number of nitrogens with zero attached hydrogens (tertiary/aromatic N) is 3. The fourth-order valence-electron chi connectivity index (χ4n) is 3.39. The van der Waals surface area contributed by atoms with Gasteiger partial charge in [0.25, 0.3) is 5.91 Å². The van der Waals surface area contributed by atoms with E-state index in [1.54, 1.807) is 20.2 Å². The molecule has 2 heterocycles. The molecule has 1 aliphatic rings. The highest BCUT2D eigenvalue weighted by atomic mass is 16.7. The van der Waals surface area contributed by atoms with Crippen molar-refractivity contribution >= 4 is 17.3 Å². The molecule has 1 atom stereocenters. The lowest BCUT2D eigenvalue weighted by Gasteiger charge is -2.21. The molecule has 1 unspecified atom stereocenters. The zero-order valence-corrected chi connectivity index (χ0v) is 17.3. The summed E-state index contributed by atoms with van der Waals surface area (Å²) in [5, 5.41) is 7.20. The number of anilines is 1. The van der Waals surface area contributed by atoms with Gasteiger partial charge in [0.05, 0.1) is 19.4 Å². The molecule has 0 spiro atoms. The zero-order chi connectivity index (χ0) is 21.1. The van der Waals surface area contributed by atoms with Gasteiger partial charge in [-0.2, -0.15) is 0 Å². The summed E-state index contributed by atoms with van der Waals surface area (Å²) in [7, 11) is 1.62. The van der Waals surface area contributed by atoms with Crippen LogP contribution in [0.2, 0.25) is 0 Å². The predicted octanol–water partition coefficient (Wildman–Crippen LogP) is 3.77. The second-order valence-corrected chi connectivity index (χ2v) is 7.48. The Hall–Kier alpha value is -3.61. The standard InChI is InChI=1S/C23H24N4O3/c1-16-24-12-13-27(16)15-18-6-4-5-7-20(18)25-22(28)23(2)14-21(26-30-23)17-8-10-19(29-3)11-9-17/h4-13H,14-15H2,1-3H3,(H,25,28). The number of hydrogen-bond donors (Lipinski definition) is 1. The molecule has 0 bridgehead atoms. The lowest BCUT2D eigenvalue weighted by molar-refractivity contribution is -0.135. The van der Waals surface area contributed by atoms with Gasteiger partial charge in [-0.25, -0.2) is 4.98 Å². The quantitative estimate of drug-likeness (QED) is 0.678. The van der Waals surface area contributed by atoms with Gasteiger partial charge < -0.3 is 19.5 Å². The molecule has 1 aliphatic heterocycles. The van der Waals surface area contributed by atoms with Crippen molar-refractivity contribution in [3.05, 3.63) is 77.9 Å². The van der Waals surface area contributed by atoms with E-state index in [1.807, 2.05) is 66.2 Å². The monoisotopic (exact) mass is 404 g/mol. The Bertz CT molecular complexity index is 1090. The van der Waals surface area contributed by atoms with Gasteiger partial charge in [0.2, 0.25) is 5.60 Å². The van der Waals surface area contributed by atoms with Crippen molar-refractivity contribution in [2.75, 3.05) is 12.4 Å². The summed E-state index contributed by atoms with van der Waals surface area (Å²) in [6, 6.07) is 15.3. The number of nitrogens with one attached hydrogen (secondary N) is 1. The topological polar surface area (TPSA) is 77.7 Å². The molecule has 0 saturated heterocycles. The number of oxime groups is 1. The second kappa shape index (κ2) is 8.02. The lowest BCUT2D eigenvalue weighted by Crippen LogP contribution is -2.40. The number of imidazole rings is 1. The van der Waals surface area contributed by atoms with Crippen LogP contribution in [-0.4, -0.2) is 33.9 Å². The molecule has 7 nitrogen and oxygen atoms in total. The molecule has 1 amide bonds. The van der Waals surface area contributed by atoms with Gasteiger partial charge >= 0.3 is 0 Å². The Balaban J connectivity index is 1.47. The number of carbonyl (C=O) groups excluding carboxylic acids is 1. The summed E-state index contributed by atoms with van der Waals surface area (Å²) in [5.41, 5.74) is 2.30. The summed E-state index contributed by atoms with van der Waals surface area (Å²) in [6.07, 6.45) is 4.07. The normalized spacial score (nSPS) is 17.9. The minimum absolute atomic E-state index is 0.232. The molecule has 1 N–H and O–H groups in total. The van der Waals surface area contributed by atoms with E-state index in [0.717, 1.165) is 34.1 Å². The van der Waals surface area contributed by atoms with Crippen LogP contribution in [0.3, 0.4) is 0 Å². The number of aromatic nitrogens is 2. The highest BCUT2D eigenvalue weighted by Crippen LogP contribution is 2.29. The molecule has 0 fully saturated rings. The molecule has 154 valence electrons. The van der Waals surface area contributed by atoms with Gasteiger partial charge in [-0.05, 0) is 55.3 Å². The number of benzene rings is 2. The molecule has 3 aromatic rings. The van der Waals surface area contributed by atoms with Crippen LogP contribution in [0, 0.1) is 6.92 Å². The number of rotatable bonds is 6. The third-order valence-electron chi connectivity index (χ3n) is 5.30. The highest BCUT2D eigenvalue weighted by Gasteiger charge is 2.42. The molecule has 0 saturated carbocycles. The first-order valence-corrected chi connectivity index (χ1v) is 9.75. The second-order valence-electron chi connectivity index (χ2n) is 7.48. The number of ether oxygens (including phenoxy) is 1. The van der Waals surface area contributed by atoms with Crippen molar-refractivity contribution in [3.8, 4) is 5.75 Å². The van der Waals surface area contributed by atoms with Crippen LogP contribution in [0.1, 0.15) is 30.3 Å². The number of hydrogen-bond acceptors (Lipinski definition) is 5. The van der Waals surface area contributed by atoms with Crippen LogP contribution in [0.15, 0.2) is 66.1 Å². The molecule has 2 aromatic carbocycles. The van der Waals surface area contributed by atoms with Crippen LogP contribution < -0.4 is 10.1 Å². The first-order chi connectivity index (χ1) is 14.5. The fourth-order valence-corrected chi connectivity index (χ4v) is 3.39. The lowest BCUT2D eigenvalue weighted by atomic mass is 9.95. The van der Waals surface area contributed by atoms with E-state index >= 15 is 0 Å². The minimum Gasteiger partial charge on any atom is -0.497 e. The Morgan fingerprint density at radius 2 is 2.00 bits per heavy atom. The van der Waals surface area contributed by atoms with Gasteiger partial charge in [-0.1, -0.05) is 23.4 Å². The largest absolute Gasteiger partial charge is 0.497 e. The van der Waals surface area contributed by atoms with E-state index in [2.05, 4.69) is 15.5 Å². The molecule has 30 heavy (non-hydrogen) atoms. The van der Waals surface area contributed by atoms with Crippen LogP contribution >= 0.6 is 0 Å². The van der Waals surface area contributed by atoms with E-state index in [1.165, 1.54) is 0 Å². The number of carbonyl (C=O) groups is 1. The molecule has 0 radical (unpaired) electrons. The third kappa shape index (κ3) is 3.91. The fraction of sp³-hybridized carbons (Fsp3) is 0.261. The van der Waals surface area contributed by atoms with Gasteiger partial charge in [0, 0.05) is 24.5 Å². The van der Waals surface area contributed by atoms with Crippen LogP contribution in [0.4, 0.5) is 5.69 Å². The van der Waals surface area contributed by atoms with E-state index in [-0.39, 0.29) is 5.91 Å². The summed E-state index contributed by atoms with van der Waals surface area (Å²) in [6.45, 7) is 4.32. The smallest absolute Gasteiger partial charge is 0.271 e. The summed E-state index contributed by atoms with van der Waals surface area (Å²) < 4.78 is 7.22. The molecule has 0 aliphatic carbocycles. The Morgan fingerprint density at radius 3 is 2.70 bits per heavy atom. The van der Waals surface area contributed by atoms with Crippen molar-refractivity contribution in [3.63, 3.8) is 0 Å². The van der Waals surface area contributed by atoms with Crippen molar-refractivity contribution in [2.45, 2.75) is 32.4 Å². The maximum Gasteiger partial charge on any atom is 0.271 e. The molecular formula is C23H24N4O3. The van der Waals surface area contributed by atoms with E-state index in [9.17, 15) is 4.79 Å². The molecule has 7 heteroatoms. The summed E-state index contributed by atoms with van der Waals surface area (Å²) >= 11 is 0. The van der Waals surface area contributed by atoms with Crippen molar-refractivity contribution in [1.82, 2.24) is 9.55 Å². The summed E-state index contributed by atoms with van der Waals surface area (Å²) in [4.78, 5) is 22.9. The number of aryl methyl sites for hydroxylation is 1. The molecule has 4 rings (SSSR count). The Labute approximate surface area is 175 Å². The first kappa shape index (κ1) is 19.7. The Kier molecular flexibility index (Phi) is 5.27. The zero-order valence-electron chi connectivity index (χ0n) is 17.3. The SMILES string of the molecule is COc1ccc(C2=NOC(C)(C(=O)Nc3ccccc3Cn3ccnc3C)C2)cc1. The number of methoxy groups -OCH3 is 1.